The highest BCUT2D eigenvalue weighted by atomic mass is 14.6. The van der Waals surface area contributed by atoms with Crippen LogP contribution in [0.4, 0.5) is 0 Å². The van der Waals surface area contributed by atoms with E-state index in [0.717, 1.165) is 18.8 Å². The molecule has 0 saturated carbocycles. The van der Waals surface area contributed by atoms with Gasteiger partial charge in [-0.1, -0.05) is 26.7 Å². The number of pyridine rings is 1. The lowest BCUT2D eigenvalue weighted by molar-refractivity contribution is 0.431. The Bertz CT molecular complexity index is 258. The van der Waals surface area contributed by atoms with Gasteiger partial charge in [0, 0.05) is 18.4 Å². The number of nitrogens with two attached hydrogens (primary N) is 1. The Kier molecular flexibility index (Phi) is 5.33. The molecule has 2 nitrogen and oxygen atoms in total. The highest BCUT2D eigenvalue weighted by Crippen LogP contribution is 2.13. The van der Waals surface area contributed by atoms with Crippen molar-refractivity contribution in [2.24, 2.45) is 11.7 Å². The molecule has 15 heavy (non-hydrogen) atoms. The van der Waals surface area contributed by atoms with Crippen molar-refractivity contribution in [1.82, 2.24) is 4.98 Å². The summed E-state index contributed by atoms with van der Waals surface area (Å²) in [5, 5.41) is 0. The topological polar surface area (TPSA) is 38.9 Å². The normalized spacial score (nSPS) is 14.9. The maximum Gasteiger partial charge on any atom is 0.0270 e. The average molecular weight is 206 g/mol. The largest absolute Gasteiger partial charge is 0.327 e. The molecule has 0 saturated heterocycles. The predicted octanol–water partition coefficient (Wildman–Crippen LogP) is 2.78. The van der Waals surface area contributed by atoms with Crippen LogP contribution >= 0.6 is 0 Å². The third kappa shape index (κ3) is 4.93. The molecule has 0 fully saturated rings. The quantitative estimate of drug-likeness (QED) is 0.777. The number of nitrogens with zero attached hydrogens (tertiary/aromatic N) is 1. The van der Waals surface area contributed by atoms with E-state index < -0.39 is 0 Å². The van der Waals surface area contributed by atoms with Crippen LogP contribution in [0, 0.1) is 5.92 Å². The summed E-state index contributed by atoms with van der Waals surface area (Å²) in [5.41, 5.74) is 7.41. The van der Waals surface area contributed by atoms with Crippen LogP contribution in [0.15, 0.2) is 24.5 Å². The maximum atomic E-state index is 6.12. The number of aromatic nitrogens is 1. The molecule has 2 heteroatoms. The second kappa shape index (κ2) is 6.57. The highest BCUT2D eigenvalue weighted by Gasteiger charge is 2.08. The molecule has 2 atom stereocenters. The van der Waals surface area contributed by atoms with Crippen molar-refractivity contribution in [3.05, 3.63) is 30.1 Å². The van der Waals surface area contributed by atoms with Gasteiger partial charge in [-0.2, -0.15) is 0 Å². The Morgan fingerprint density at radius 1 is 1.33 bits per heavy atom. The molecule has 84 valence electrons. The van der Waals surface area contributed by atoms with Gasteiger partial charge in [0.1, 0.15) is 0 Å². The summed E-state index contributed by atoms with van der Waals surface area (Å²) in [6.45, 7) is 4.51. The second-order valence-corrected chi connectivity index (χ2v) is 4.45. The van der Waals surface area contributed by atoms with E-state index >= 15 is 0 Å². The van der Waals surface area contributed by atoms with Crippen molar-refractivity contribution >= 4 is 0 Å². The summed E-state index contributed by atoms with van der Waals surface area (Å²) in [5.74, 6) is 0.742. The van der Waals surface area contributed by atoms with Crippen LogP contribution < -0.4 is 5.73 Å². The molecule has 0 spiro atoms. The minimum Gasteiger partial charge on any atom is -0.327 e. The fraction of sp³-hybridized carbons (Fsp3) is 0.615. The van der Waals surface area contributed by atoms with E-state index in [4.69, 9.17) is 5.73 Å². The molecule has 2 unspecified atom stereocenters. The minimum atomic E-state index is 0.286. The van der Waals surface area contributed by atoms with Crippen LogP contribution in [0.25, 0.3) is 0 Å². The zero-order valence-electron chi connectivity index (χ0n) is 9.82. The van der Waals surface area contributed by atoms with Gasteiger partial charge in [-0.05, 0) is 36.5 Å². The van der Waals surface area contributed by atoms with Gasteiger partial charge in [-0.25, -0.2) is 0 Å². The SMILES string of the molecule is CCCC(C)CC(N)Cc1ccncc1. The van der Waals surface area contributed by atoms with Crippen LogP contribution in [0.1, 0.15) is 38.7 Å². The first-order chi connectivity index (χ1) is 7.22. The number of hydrogen-bond donors (Lipinski definition) is 1. The molecule has 1 rings (SSSR count). The Morgan fingerprint density at radius 3 is 2.60 bits per heavy atom. The molecule has 0 aliphatic carbocycles. The lowest BCUT2D eigenvalue weighted by Gasteiger charge is -2.16. The van der Waals surface area contributed by atoms with Crippen molar-refractivity contribution in [3.63, 3.8) is 0 Å². The van der Waals surface area contributed by atoms with Gasteiger partial charge in [0.05, 0.1) is 0 Å². The average Bonchev–Trinajstić information content (AvgIpc) is 2.19. The van der Waals surface area contributed by atoms with Gasteiger partial charge >= 0.3 is 0 Å². The van der Waals surface area contributed by atoms with Gasteiger partial charge in [0.25, 0.3) is 0 Å². The first-order valence-electron chi connectivity index (χ1n) is 5.86. The molecular formula is C13H22N2. The molecule has 1 aromatic heterocycles. The zero-order chi connectivity index (χ0) is 11.1. The summed E-state index contributed by atoms with van der Waals surface area (Å²) in [4.78, 5) is 4.00. The predicted molar refractivity (Wildman–Crippen MR) is 64.6 cm³/mol. The van der Waals surface area contributed by atoms with Gasteiger partial charge in [-0.15, -0.1) is 0 Å². The Morgan fingerprint density at radius 2 is 2.00 bits per heavy atom. The van der Waals surface area contributed by atoms with E-state index in [9.17, 15) is 0 Å². The van der Waals surface area contributed by atoms with E-state index in [-0.39, 0.29) is 6.04 Å². The molecule has 1 aromatic rings. The summed E-state index contributed by atoms with van der Waals surface area (Å²) >= 11 is 0. The molecule has 1 heterocycles. The van der Waals surface area contributed by atoms with Crippen LogP contribution in [0.2, 0.25) is 0 Å². The van der Waals surface area contributed by atoms with Gasteiger partial charge in [0.15, 0.2) is 0 Å². The summed E-state index contributed by atoms with van der Waals surface area (Å²) in [6.07, 6.45) is 8.29. The van der Waals surface area contributed by atoms with E-state index in [1.54, 1.807) is 0 Å². The molecule has 0 bridgehead atoms. The summed E-state index contributed by atoms with van der Waals surface area (Å²) in [7, 11) is 0. The minimum absolute atomic E-state index is 0.286. The van der Waals surface area contributed by atoms with Gasteiger partial charge < -0.3 is 5.73 Å². The molecule has 0 aliphatic heterocycles. The lowest BCUT2D eigenvalue weighted by Crippen LogP contribution is -2.25. The van der Waals surface area contributed by atoms with Crippen molar-refractivity contribution in [1.29, 1.82) is 0 Å². The van der Waals surface area contributed by atoms with Crippen LogP contribution in [-0.2, 0) is 6.42 Å². The first kappa shape index (κ1) is 12.2. The van der Waals surface area contributed by atoms with E-state index in [2.05, 4.69) is 18.8 Å². The lowest BCUT2D eigenvalue weighted by atomic mass is 9.94. The maximum absolute atomic E-state index is 6.12. The monoisotopic (exact) mass is 206 g/mol. The summed E-state index contributed by atoms with van der Waals surface area (Å²) < 4.78 is 0. The smallest absolute Gasteiger partial charge is 0.0270 e. The molecule has 0 amide bonds. The molecule has 0 aliphatic rings. The van der Waals surface area contributed by atoms with Gasteiger partial charge in [-0.3, -0.25) is 4.98 Å². The standard InChI is InChI=1S/C13H22N2/c1-3-4-11(2)9-13(14)10-12-5-7-15-8-6-12/h5-8,11,13H,3-4,9-10,14H2,1-2H3. The summed E-state index contributed by atoms with van der Waals surface area (Å²) in [6, 6.07) is 4.38. The molecule has 0 aromatic carbocycles. The van der Waals surface area contributed by atoms with Gasteiger partial charge in [0.2, 0.25) is 0 Å². The van der Waals surface area contributed by atoms with E-state index in [0.29, 0.717) is 0 Å². The van der Waals surface area contributed by atoms with E-state index in [1.165, 1.54) is 18.4 Å². The second-order valence-electron chi connectivity index (χ2n) is 4.45. The highest BCUT2D eigenvalue weighted by molar-refractivity contribution is 5.11. The van der Waals surface area contributed by atoms with Crippen molar-refractivity contribution in [2.45, 2.75) is 45.6 Å². The van der Waals surface area contributed by atoms with Crippen molar-refractivity contribution < 1.29 is 0 Å². The van der Waals surface area contributed by atoms with Crippen LogP contribution in [0.5, 0.6) is 0 Å². The number of hydrogen-bond acceptors (Lipinski definition) is 2. The van der Waals surface area contributed by atoms with Crippen LogP contribution in [0.3, 0.4) is 0 Å². The van der Waals surface area contributed by atoms with Crippen LogP contribution in [-0.4, -0.2) is 11.0 Å². The van der Waals surface area contributed by atoms with Crippen molar-refractivity contribution in [2.75, 3.05) is 0 Å². The third-order valence-corrected chi connectivity index (χ3v) is 2.73. The molecule has 2 N–H and O–H groups in total. The third-order valence-electron chi connectivity index (χ3n) is 2.73. The van der Waals surface area contributed by atoms with Crippen molar-refractivity contribution in [3.8, 4) is 0 Å². The Balaban J connectivity index is 2.33. The Labute approximate surface area is 92.9 Å². The molecular weight excluding hydrogens is 184 g/mol. The number of rotatable bonds is 6. The Hall–Kier alpha value is -0.890. The molecule has 0 radical (unpaired) electrons. The zero-order valence-corrected chi connectivity index (χ0v) is 9.82. The first-order valence-corrected chi connectivity index (χ1v) is 5.86. The fourth-order valence-corrected chi connectivity index (χ4v) is 2.03. The fourth-order valence-electron chi connectivity index (χ4n) is 2.03. The van der Waals surface area contributed by atoms with E-state index in [1.807, 2.05) is 24.5 Å².